The van der Waals surface area contributed by atoms with Crippen molar-refractivity contribution in [3.63, 3.8) is 0 Å². The normalized spacial score (nSPS) is 13.8. The third kappa shape index (κ3) is 2.96. The molecule has 1 amide bonds. The van der Waals surface area contributed by atoms with Crippen molar-refractivity contribution in [1.29, 1.82) is 0 Å². The smallest absolute Gasteiger partial charge is 0.295 e. The number of Topliss-reactive ketones (excluding diaryl/α,β-unsaturated/α-hetero) is 1. The van der Waals surface area contributed by atoms with Gasteiger partial charge in [-0.2, -0.15) is 5.10 Å². The number of aryl methyl sites for hydroxylation is 2. The zero-order chi connectivity index (χ0) is 17.4. The largest absolute Gasteiger partial charge is 0.328 e. The molecule has 3 rings (SSSR count). The van der Waals surface area contributed by atoms with Crippen molar-refractivity contribution in [2.75, 3.05) is 0 Å². The van der Waals surface area contributed by atoms with Gasteiger partial charge in [0.05, 0.1) is 11.3 Å². The third-order valence-electron chi connectivity index (χ3n) is 4.48. The van der Waals surface area contributed by atoms with Crippen molar-refractivity contribution in [1.82, 2.24) is 14.7 Å². The molecular weight excluding hydrogens is 309 g/mol. The maximum Gasteiger partial charge on any atom is 0.295 e. The first-order chi connectivity index (χ1) is 11.4. The summed E-state index contributed by atoms with van der Waals surface area (Å²) in [5, 5.41) is 4.20. The van der Waals surface area contributed by atoms with E-state index in [0.717, 1.165) is 12.8 Å². The van der Waals surface area contributed by atoms with Gasteiger partial charge in [-0.05, 0) is 32.8 Å². The second kappa shape index (κ2) is 6.19. The van der Waals surface area contributed by atoms with Crippen LogP contribution < -0.4 is 0 Å². The zero-order valence-corrected chi connectivity index (χ0v) is 14.0. The van der Waals surface area contributed by atoms with Crippen LogP contribution in [-0.2, 0) is 18.4 Å². The number of halogens is 1. The van der Waals surface area contributed by atoms with E-state index in [9.17, 15) is 14.0 Å². The predicted octanol–water partition coefficient (Wildman–Crippen LogP) is 2.55. The van der Waals surface area contributed by atoms with E-state index in [0.29, 0.717) is 22.5 Å². The summed E-state index contributed by atoms with van der Waals surface area (Å²) in [6.45, 7) is 3.59. The molecule has 0 unspecified atom stereocenters. The number of rotatable bonds is 5. The van der Waals surface area contributed by atoms with Gasteiger partial charge in [0.2, 0.25) is 0 Å². The monoisotopic (exact) mass is 329 g/mol. The Balaban J connectivity index is 1.87. The Kier molecular flexibility index (Phi) is 4.22. The number of amides is 1. The van der Waals surface area contributed by atoms with Gasteiger partial charge in [-0.25, -0.2) is 4.39 Å². The van der Waals surface area contributed by atoms with E-state index in [1.54, 1.807) is 43.8 Å². The van der Waals surface area contributed by atoms with Crippen LogP contribution in [0.25, 0.3) is 0 Å². The number of carbonyl (C=O) groups is 2. The van der Waals surface area contributed by atoms with E-state index < -0.39 is 11.7 Å². The number of benzene rings is 1. The molecular formula is C18H20FN3O2. The van der Waals surface area contributed by atoms with Crippen molar-refractivity contribution < 1.29 is 14.0 Å². The summed E-state index contributed by atoms with van der Waals surface area (Å²) in [5.41, 5.74) is 1.97. The maximum atomic E-state index is 13.9. The van der Waals surface area contributed by atoms with Gasteiger partial charge in [0.15, 0.2) is 0 Å². The Morgan fingerprint density at radius 2 is 1.96 bits per heavy atom. The van der Waals surface area contributed by atoms with E-state index in [1.807, 2.05) is 0 Å². The molecule has 1 aromatic heterocycles. The Morgan fingerprint density at radius 3 is 2.50 bits per heavy atom. The fraction of sp³-hybridized carbons (Fsp3) is 0.389. The average Bonchev–Trinajstić information content (AvgIpc) is 3.34. The highest BCUT2D eigenvalue weighted by Gasteiger charge is 2.37. The van der Waals surface area contributed by atoms with Crippen molar-refractivity contribution >= 4 is 11.7 Å². The van der Waals surface area contributed by atoms with Gasteiger partial charge in [-0.15, -0.1) is 0 Å². The summed E-state index contributed by atoms with van der Waals surface area (Å²) >= 11 is 0. The lowest BCUT2D eigenvalue weighted by Crippen LogP contribution is -2.38. The molecule has 1 fully saturated rings. The van der Waals surface area contributed by atoms with Crippen molar-refractivity contribution in [2.24, 2.45) is 7.05 Å². The van der Waals surface area contributed by atoms with Crippen molar-refractivity contribution in [3.05, 3.63) is 52.6 Å². The summed E-state index contributed by atoms with van der Waals surface area (Å²) in [6, 6.07) is 6.35. The summed E-state index contributed by atoms with van der Waals surface area (Å²) in [7, 11) is 1.74. The Bertz CT molecular complexity index is 809. The van der Waals surface area contributed by atoms with Gasteiger partial charge in [-0.3, -0.25) is 14.3 Å². The molecule has 0 bridgehead atoms. The summed E-state index contributed by atoms with van der Waals surface area (Å²) in [4.78, 5) is 27.0. The van der Waals surface area contributed by atoms with E-state index in [2.05, 4.69) is 5.10 Å². The molecule has 1 aliphatic carbocycles. The number of nitrogens with zero attached hydrogens (tertiary/aromatic N) is 3. The van der Waals surface area contributed by atoms with Gasteiger partial charge in [0, 0.05) is 30.9 Å². The molecule has 0 saturated heterocycles. The van der Waals surface area contributed by atoms with E-state index in [1.165, 1.54) is 11.0 Å². The zero-order valence-electron chi connectivity index (χ0n) is 14.0. The van der Waals surface area contributed by atoms with Crippen molar-refractivity contribution in [3.8, 4) is 0 Å². The van der Waals surface area contributed by atoms with Gasteiger partial charge >= 0.3 is 0 Å². The molecule has 0 aliphatic heterocycles. The van der Waals surface area contributed by atoms with Crippen LogP contribution in [0.4, 0.5) is 4.39 Å². The topological polar surface area (TPSA) is 55.2 Å². The number of ketones is 1. The average molecular weight is 329 g/mol. The maximum absolute atomic E-state index is 13.9. The number of aromatic nitrogens is 2. The quantitative estimate of drug-likeness (QED) is 0.626. The minimum Gasteiger partial charge on any atom is -0.328 e. The van der Waals surface area contributed by atoms with Crippen LogP contribution in [0.2, 0.25) is 0 Å². The molecule has 1 saturated carbocycles. The highest BCUT2D eigenvalue weighted by atomic mass is 19.1. The lowest BCUT2D eigenvalue weighted by molar-refractivity contribution is -0.127. The first-order valence-electron chi connectivity index (χ1n) is 7.99. The van der Waals surface area contributed by atoms with Crippen molar-refractivity contribution in [2.45, 2.75) is 39.3 Å². The molecule has 1 aliphatic rings. The van der Waals surface area contributed by atoms with Crippen LogP contribution in [0, 0.1) is 19.7 Å². The van der Waals surface area contributed by atoms with Crippen LogP contribution in [0.3, 0.4) is 0 Å². The number of hydrogen-bond acceptors (Lipinski definition) is 3. The fourth-order valence-electron chi connectivity index (χ4n) is 2.90. The molecule has 6 heteroatoms. The minimum atomic E-state index is -0.583. The molecule has 126 valence electrons. The van der Waals surface area contributed by atoms with Gasteiger partial charge in [0.1, 0.15) is 5.82 Å². The Labute approximate surface area is 140 Å². The van der Waals surface area contributed by atoms with Gasteiger partial charge in [0.25, 0.3) is 11.7 Å². The standard InChI is InChI=1S/C18H20FN3O2/c1-11-16(12(2)21(3)20-11)17(23)18(24)22(14-8-9-14)10-13-6-4-5-7-15(13)19/h4-7,14H,8-10H2,1-3H3. The lowest BCUT2D eigenvalue weighted by Gasteiger charge is -2.22. The highest BCUT2D eigenvalue weighted by molar-refractivity contribution is 6.43. The second-order valence-electron chi connectivity index (χ2n) is 6.25. The van der Waals surface area contributed by atoms with Crippen LogP contribution in [0.5, 0.6) is 0 Å². The Morgan fingerprint density at radius 1 is 1.29 bits per heavy atom. The molecule has 0 N–H and O–H groups in total. The minimum absolute atomic E-state index is 0.0124. The first-order valence-corrected chi connectivity index (χ1v) is 7.99. The van der Waals surface area contributed by atoms with Crippen LogP contribution in [0.1, 0.15) is 40.2 Å². The lowest BCUT2D eigenvalue weighted by atomic mass is 10.1. The van der Waals surface area contributed by atoms with E-state index in [4.69, 9.17) is 0 Å². The van der Waals surface area contributed by atoms with Crippen LogP contribution in [0.15, 0.2) is 24.3 Å². The molecule has 1 aromatic carbocycles. The first kappa shape index (κ1) is 16.4. The molecule has 2 aromatic rings. The number of carbonyl (C=O) groups excluding carboxylic acids is 2. The third-order valence-corrected chi connectivity index (χ3v) is 4.48. The summed E-state index contributed by atoms with van der Waals surface area (Å²) < 4.78 is 15.5. The molecule has 0 radical (unpaired) electrons. The molecule has 0 spiro atoms. The van der Waals surface area contributed by atoms with E-state index >= 15 is 0 Å². The molecule has 1 heterocycles. The van der Waals surface area contributed by atoms with Crippen LogP contribution >= 0.6 is 0 Å². The Hall–Kier alpha value is -2.50. The molecule has 5 nitrogen and oxygen atoms in total. The second-order valence-corrected chi connectivity index (χ2v) is 6.25. The van der Waals surface area contributed by atoms with Gasteiger partial charge < -0.3 is 4.90 Å². The molecule has 0 atom stereocenters. The van der Waals surface area contributed by atoms with Gasteiger partial charge in [-0.1, -0.05) is 18.2 Å². The SMILES string of the molecule is Cc1nn(C)c(C)c1C(=O)C(=O)N(Cc1ccccc1F)C1CC1. The van der Waals surface area contributed by atoms with Crippen LogP contribution in [-0.4, -0.2) is 32.4 Å². The summed E-state index contributed by atoms with van der Waals surface area (Å²) in [5.74, 6) is -1.52. The summed E-state index contributed by atoms with van der Waals surface area (Å²) in [6.07, 6.45) is 1.69. The number of hydrogen-bond donors (Lipinski definition) is 0. The predicted molar refractivity (Wildman–Crippen MR) is 87.0 cm³/mol. The highest BCUT2D eigenvalue weighted by Crippen LogP contribution is 2.30. The van der Waals surface area contributed by atoms with E-state index in [-0.39, 0.29) is 18.4 Å². The fourth-order valence-corrected chi connectivity index (χ4v) is 2.90. The molecule has 24 heavy (non-hydrogen) atoms.